The molecule has 0 bridgehead atoms. The number of amides is 1. The van der Waals surface area contributed by atoms with Gasteiger partial charge in [0.25, 0.3) is 0 Å². The van der Waals surface area contributed by atoms with Crippen LogP contribution in [0.15, 0.2) is 29.2 Å². The van der Waals surface area contributed by atoms with Crippen LogP contribution < -0.4 is 5.32 Å². The van der Waals surface area contributed by atoms with E-state index in [-0.39, 0.29) is 29.9 Å². The summed E-state index contributed by atoms with van der Waals surface area (Å²) in [5.74, 6) is -0.294. The van der Waals surface area contributed by atoms with Crippen LogP contribution >= 0.6 is 0 Å². The first-order chi connectivity index (χ1) is 8.88. The third-order valence-electron chi connectivity index (χ3n) is 2.80. The maximum Gasteiger partial charge on any atom is 0.224 e. The summed E-state index contributed by atoms with van der Waals surface area (Å²) in [4.78, 5) is 12.0. The Hall–Kier alpha value is -1.40. The number of aliphatic hydroxyl groups excluding tert-OH is 1. The molecule has 1 aromatic rings. The average Bonchev–Trinajstić information content (AvgIpc) is 2.35. The molecule has 6 heteroatoms. The largest absolute Gasteiger partial charge is 0.394 e. The third kappa shape index (κ3) is 4.65. The molecule has 2 N–H and O–H groups in total. The number of nitrogens with one attached hydrogen (secondary N) is 1. The first-order valence-corrected chi connectivity index (χ1v) is 7.95. The molecule has 0 aliphatic carbocycles. The summed E-state index contributed by atoms with van der Waals surface area (Å²) in [6.07, 6.45) is 1.72. The minimum absolute atomic E-state index is 0.0141. The summed E-state index contributed by atoms with van der Waals surface area (Å²) < 4.78 is 23.2. The summed E-state index contributed by atoms with van der Waals surface area (Å²) in [6.45, 7) is 1.72. The van der Waals surface area contributed by atoms with Crippen LogP contribution in [0.25, 0.3) is 0 Å². The van der Waals surface area contributed by atoms with Gasteiger partial charge in [-0.3, -0.25) is 4.79 Å². The molecule has 0 radical (unpaired) electrons. The molecular weight excluding hydrogens is 266 g/mol. The number of hydrogen-bond acceptors (Lipinski definition) is 4. The van der Waals surface area contributed by atoms with Crippen LogP contribution in [0.1, 0.15) is 18.9 Å². The predicted octanol–water partition coefficient (Wildman–Crippen LogP) is 0.520. The van der Waals surface area contributed by atoms with Crippen molar-refractivity contribution in [1.82, 2.24) is 5.32 Å². The lowest BCUT2D eigenvalue weighted by Crippen LogP contribution is -2.38. The molecule has 0 fully saturated rings. The minimum Gasteiger partial charge on any atom is -0.394 e. The Morgan fingerprint density at radius 3 is 2.53 bits per heavy atom. The monoisotopic (exact) mass is 285 g/mol. The Morgan fingerprint density at radius 2 is 2.00 bits per heavy atom. The lowest BCUT2D eigenvalue weighted by Gasteiger charge is -2.14. The molecule has 5 nitrogen and oxygen atoms in total. The summed E-state index contributed by atoms with van der Waals surface area (Å²) in [6, 6.07) is 6.14. The van der Waals surface area contributed by atoms with E-state index in [2.05, 4.69) is 5.32 Å². The number of aliphatic hydroxyl groups is 1. The Labute approximate surface area is 113 Å². The van der Waals surface area contributed by atoms with Crippen molar-refractivity contribution in [2.24, 2.45) is 0 Å². The van der Waals surface area contributed by atoms with Crippen molar-refractivity contribution < 1.29 is 18.3 Å². The van der Waals surface area contributed by atoms with Gasteiger partial charge < -0.3 is 10.4 Å². The van der Waals surface area contributed by atoms with Gasteiger partial charge in [0.1, 0.15) is 0 Å². The standard InChI is InChI=1S/C13H19NO4S/c1-3-11(9-15)14-13(16)8-10-6-4-5-7-12(10)19(2,17)18/h4-7,11,15H,3,8-9H2,1-2H3,(H,14,16). The minimum atomic E-state index is -3.35. The summed E-state index contributed by atoms with van der Waals surface area (Å²) in [7, 11) is -3.35. The van der Waals surface area contributed by atoms with Crippen LogP contribution in [0.4, 0.5) is 0 Å². The highest BCUT2D eigenvalue weighted by Crippen LogP contribution is 2.15. The smallest absolute Gasteiger partial charge is 0.224 e. The van der Waals surface area contributed by atoms with E-state index >= 15 is 0 Å². The molecule has 0 heterocycles. The van der Waals surface area contributed by atoms with Gasteiger partial charge >= 0.3 is 0 Å². The highest BCUT2D eigenvalue weighted by atomic mass is 32.2. The van der Waals surface area contributed by atoms with Crippen molar-refractivity contribution >= 4 is 15.7 Å². The van der Waals surface area contributed by atoms with E-state index in [0.29, 0.717) is 12.0 Å². The number of carbonyl (C=O) groups is 1. The zero-order valence-electron chi connectivity index (χ0n) is 11.1. The molecule has 0 saturated heterocycles. The van der Waals surface area contributed by atoms with E-state index in [1.165, 1.54) is 6.07 Å². The van der Waals surface area contributed by atoms with E-state index < -0.39 is 9.84 Å². The molecule has 0 aliphatic rings. The zero-order chi connectivity index (χ0) is 14.5. The molecule has 0 spiro atoms. The number of hydrogen-bond donors (Lipinski definition) is 2. The lowest BCUT2D eigenvalue weighted by atomic mass is 10.1. The topological polar surface area (TPSA) is 83.5 Å². The highest BCUT2D eigenvalue weighted by Gasteiger charge is 2.16. The summed E-state index contributed by atoms with van der Waals surface area (Å²) >= 11 is 0. The SMILES string of the molecule is CCC(CO)NC(=O)Cc1ccccc1S(C)(=O)=O. The van der Waals surface area contributed by atoms with Gasteiger partial charge in [0, 0.05) is 6.26 Å². The summed E-state index contributed by atoms with van der Waals surface area (Å²) in [5.41, 5.74) is 0.468. The van der Waals surface area contributed by atoms with Crippen molar-refractivity contribution in [3.63, 3.8) is 0 Å². The fourth-order valence-corrected chi connectivity index (χ4v) is 2.68. The Morgan fingerprint density at radius 1 is 1.37 bits per heavy atom. The molecule has 0 aromatic heterocycles. The van der Waals surface area contributed by atoms with Gasteiger partial charge in [-0.2, -0.15) is 0 Å². The van der Waals surface area contributed by atoms with E-state index in [0.717, 1.165) is 6.26 Å². The third-order valence-corrected chi connectivity index (χ3v) is 4.00. The van der Waals surface area contributed by atoms with E-state index in [1.54, 1.807) is 18.2 Å². The van der Waals surface area contributed by atoms with Crippen LogP contribution in [-0.2, 0) is 21.1 Å². The number of carbonyl (C=O) groups excluding carboxylic acids is 1. The van der Waals surface area contributed by atoms with Gasteiger partial charge in [0.15, 0.2) is 9.84 Å². The van der Waals surface area contributed by atoms with Gasteiger partial charge in [0.05, 0.1) is 24.0 Å². The molecule has 1 rings (SSSR count). The molecule has 1 aromatic carbocycles. The molecular formula is C13H19NO4S. The Kier molecular flexibility index (Phi) is 5.50. The van der Waals surface area contributed by atoms with Crippen LogP contribution in [0, 0.1) is 0 Å². The number of benzene rings is 1. The Balaban J connectivity index is 2.86. The van der Waals surface area contributed by atoms with E-state index in [1.807, 2.05) is 6.92 Å². The average molecular weight is 285 g/mol. The molecule has 0 aliphatic heterocycles. The Bertz CT molecular complexity index is 535. The first kappa shape index (κ1) is 15.7. The van der Waals surface area contributed by atoms with Crippen LogP contribution in [-0.4, -0.2) is 38.3 Å². The highest BCUT2D eigenvalue weighted by molar-refractivity contribution is 7.90. The second kappa shape index (κ2) is 6.68. The molecule has 106 valence electrons. The second-order valence-corrected chi connectivity index (χ2v) is 6.40. The van der Waals surface area contributed by atoms with Crippen molar-refractivity contribution in [2.75, 3.05) is 12.9 Å². The second-order valence-electron chi connectivity index (χ2n) is 4.41. The van der Waals surface area contributed by atoms with Crippen molar-refractivity contribution in [2.45, 2.75) is 30.7 Å². The van der Waals surface area contributed by atoms with Gasteiger partial charge in [-0.1, -0.05) is 25.1 Å². The van der Waals surface area contributed by atoms with Crippen LogP contribution in [0.3, 0.4) is 0 Å². The number of rotatable bonds is 6. The normalized spacial score (nSPS) is 13.0. The van der Waals surface area contributed by atoms with Gasteiger partial charge in [0.2, 0.25) is 5.91 Å². The fourth-order valence-electron chi connectivity index (χ4n) is 1.74. The fraction of sp³-hybridized carbons (Fsp3) is 0.462. The molecule has 19 heavy (non-hydrogen) atoms. The van der Waals surface area contributed by atoms with Crippen molar-refractivity contribution in [3.8, 4) is 0 Å². The van der Waals surface area contributed by atoms with Crippen LogP contribution in [0.5, 0.6) is 0 Å². The molecule has 1 atom stereocenters. The van der Waals surface area contributed by atoms with E-state index in [4.69, 9.17) is 5.11 Å². The maximum absolute atomic E-state index is 11.8. The lowest BCUT2D eigenvalue weighted by molar-refractivity contribution is -0.121. The molecule has 0 saturated carbocycles. The molecule has 1 unspecified atom stereocenters. The van der Waals surface area contributed by atoms with Gasteiger partial charge in [-0.15, -0.1) is 0 Å². The van der Waals surface area contributed by atoms with E-state index in [9.17, 15) is 13.2 Å². The van der Waals surface area contributed by atoms with Crippen LogP contribution in [0.2, 0.25) is 0 Å². The maximum atomic E-state index is 11.8. The number of sulfone groups is 1. The van der Waals surface area contributed by atoms with Crippen molar-refractivity contribution in [1.29, 1.82) is 0 Å². The quantitative estimate of drug-likeness (QED) is 0.798. The first-order valence-electron chi connectivity index (χ1n) is 6.06. The zero-order valence-corrected chi connectivity index (χ0v) is 11.9. The molecule has 1 amide bonds. The summed E-state index contributed by atoms with van der Waals surface area (Å²) in [5, 5.41) is 11.7. The van der Waals surface area contributed by atoms with Gasteiger partial charge in [-0.25, -0.2) is 8.42 Å². The van der Waals surface area contributed by atoms with Gasteiger partial charge in [-0.05, 0) is 18.1 Å². The van der Waals surface area contributed by atoms with Crippen molar-refractivity contribution in [3.05, 3.63) is 29.8 Å². The predicted molar refractivity (Wildman–Crippen MR) is 72.6 cm³/mol.